The van der Waals surface area contributed by atoms with Crippen LogP contribution in [0.2, 0.25) is 5.02 Å². The first-order chi connectivity index (χ1) is 19.6. The summed E-state index contributed by atoms with van der Waals surface area (Å²) >= 11 is 6.43. The van der Waals surface area contributed by atoms with Crippen molar-refractivity contribution in [1.29, 1.82) is 0 Å². The maximum absolute atomic E-state index is 13.8. The predicted molar refractivity (Wildman–Crippen MR) is 159 cm³/mol. The third-order valence-electron chi connectivity index (χ3n) is 7.35. The quantitative estimate of drug-likeness (QED) is 0.351. The Morgan fingerprint density at radius 2 is 1.62 bits per heavy atom. The van der Waals surface area contributed by atoms with Crippen molar-refractivity contribution < 1.29 is 19.1 Å². The molecule has 4 rings (SSSR count). The minimum Gasteiger partial charge on any atom is -0.491 e. The fourth-order valence-corrected chi connectivity index (χ4v) is 5.35. The Balaban J connectivity index is 1.64. The van der Waals surface area contributed by atoms with Crippen molar-refractivity contribution in [3.05, 3.63) is 101 Å². The summed E-state index contributed by atoms with van der Waals surface area (Å²) < 4.78 is 11.7. The number of halogens is 1. The van der Waals surface area contributed by atoms with Gasteiger partial charge in [0.2, 0.25) is 5.91 Å². The first-order valence-corrected chi connectivity index (χ1v) is 14.5. The lowest BCUT2D eigenvalue weighted by molar-refractivity contribution is -0.133. The van der Waals surface area contributed by atoms with Crippen LogP contribution in [0.3, 0.4) is 0 Å². The molecule has 3 aromatic carbocycles. The molecule has 0 fully saturated rings. The lowest BCUT2D eigenvalue weighted by Gasteiger charge is -2.33. The minimum absolute atomic E-state index is 0.0276. The number of ether oxygens (including phenoxy) is 2. The Morgan fingerprint density at radius 1 is 0.925 bits per heavy atom. The summed E-state index contributed by atoms with van der Waals surface area (Å²) in [5, 5.41) is 0.597. The zero-order valence-electron chi connectivity index (χ0n) is 23.3. The van der Waals surface area contributed by atoms with E-state index >= 15 is 0 Å². The number of carbonyl (C=O) groups excluding carboxylic acids is 2. The number of carbonyl (C=O) groups is 2. The maximum atomic E-state index is 13.8. The van der Waals surface area contributed by atoms with E-state index in [1.165, 1.54) is 0 Å². The van der Waals surface area contributed by atoms with Crippen LogP contribution in [0.4, 0.5) is 0 Å². The number of fused-ring (bicyclic) bond motifs is 1. The van der Waals surface area contributed by atoms with Crippen LogP contribution < -0.4 is 4.74 Å². The number of methoxy groups -OCH3 is 1. The van der Waals surface area contributed by atoms with Crippen LogP contribution in [0.15, 0.2) is 78.9 Å². The van der Waals surface area contributed by atoms with Crippen molar-refractivity contribution in [1.82, 2.24) is 9.80 Å². The molecule has 7 heteroatoms. The van der Waals surface area contributed by atoms with Crippen molar-refractivity contribution in [3.63, 3.8) is 0 Å². The Hall–Kier alpha value is -3.35. The topological polar surface area (TPSA) is 59.1 Å². The van der Waals surface area contributed by atoms with E-state index in [1.807, 2.05) is 76.5 Å². The lowest BCUT2D eigenvalue weighted by atomic mass is 10.0. The second-order valence-electron chi connectivity index (χ2n) is 10.2. The minimum atomic E-state index is -0.215. The Morgan fingerprint density at radius 3 is 2.40 bits per heavy atom. The van der Waals surface area contributed by atoms with Crippen LogP contribution >= 0.6 is 11.6 Å². The van der Waals surface area contributed by atoms with E-state index in [-0.39, 0.29) is 30.9 Å². The molecule has 1 heterocycles. The molecular formula is C33H39ClN2O4. The van der Waals surface area contributed by atoms with Crippen LogP contribution in [0, 0.1) is 0 Å². The van der Waals surface area contributed by atoms with E-state index in [1.54, 1.807) is 7.11 Å². The highest BCUT2D eigenvalue weighted by molar-refractivity contribution is 6.31. The van der Waals surface area contributed by atoms with Crippen LogP contribution in [-0.2, 0) is 22.4 Å². The summed E-state index contributed by atoms with van der Waals surface area (Å²) in [6, 6.07) is 24.9. The van der Waals surface area contributed by atoms with Crippen LogP contribution in [0.25, 0.3) is 0 Å². The third-order valence-corrected chi connectivity index (χ3v) is 7.72. The lowest BCUT2D eigenvalue weighted by Crippen LogP contribution is -2.46. The van der Waals surface area contributed by atoms with Gasteiger partial charge in [-0.3, -0.25) is 9.59 Å². The number of para-hydroxylation sites is 1. The van der Waals surface area contributed by atoms with Crippen LogP contribution in [0.1, 0.15) is 47.2 Å². The molecule has 0 saturated carbocycles. The molecule has 0 saturated heterocycles. The van der Waals surface area contributed by atoms with Gasteiger partial charge in [-0.05, 0) is 48.6 Å². The zero-order valence-corrected chi connectivity index (χ0v) is 24.0. The molecule has 3 aromatic rings. The number of rotatable bonds is 7. The van der Waals surface area contributed by atoms with E-state index in [2.05, 4.69) is 12.1 Å². The highest BCUT2D eigenvalue weighted by Gasteiger charge is 2.27. The van der Waals surface area contributed by atoms with Gasteiger partial charge in [0.15, 0.2) is 0 Å². The van der Waals surface area contributed by atoms with Crippen LogP contribution in [0.5, 0.6) is 5.75 Å². The molecular weight excluding hydrogens is 524 g/mol. The first kappa shape index (κ1) is 29.6. The van der Waals surface area contributed by atoms with E-state index in [9.17, 15) is 9.59 Å². The molecule has 1 aliphatic heterocycles. The molecule has 0 unspecified atom stereocenters. The summed E-state index contributed by atoms with van der Waals surface area (Å²) in [6.07, 6.45) is 4.59. The average Bonchev–Trinajstić information content (AvgIpc) is 2.97. The van der Waals surface area contributed by atoms with Crippen molar-refractivity contribution in [2.45, 2.75) is 44.6 Å². The van der Waals surface area contributed by atoms with Gasteiger partial charge >= 0.3 is 0 Å². The van der Waals surface area contributed by atoms with Crippen molar-refractivity contribution in [2.75, 3.05) is 40.0 Å². The SMILES string of the molecule is COCCN1CCCCCCN(C(=O)Cc2ccccc2Cl)[C@@H](Cc2ccccc2)COc2ccccc2C1=O. The number of benzene rings is 3. The summed E-state index contributed by atoms with van der Waals surface area (Å²) in [7, 11) is 1.65. The molecule has 40 heavy (non-hydrogen) atoms. The summed E-state index contributed by atoms with van der Waals surface area (Å²) in [4.78, 5) is 31.3. The fraction of sp³-hybridized carbons (Fsp3) is 0.394. The number of nitrogens with zero attached hydrogens (tertiary/aromatic N) is 2. The first-order valence-electron chi connectivity index (χ1n) is 14.1. The predicted octanol–water partition coefficient (Wildman–Crippen LogP) is 6.06. The second-order valence-corrected chi connectivity index (χ2v) is 10.6. The van der Waals surface area contributed by atoms with Gasteiger partial charge in [0.1, 0.15) is 12.4 Å². The molecule has 6 nitrogen and oxygen atoms in total. The van der Waals surface area contributed by atoms with E-state index in [0.29, 0.717) is 49.0 Å². The van der Waals surface area contributed by atoms with E-state index < -0.39 is 0 Å². The van der Waals surface area contributed by atoms with E-state index in [4.69, 9.17) is 21.1 Å². The summed E-state index contributed by atoms with van der Waals surface area (Å²) in [6.45, 7) is 2.58. The standard InChI is InChI=1S/C33H39ClN2O4/c1-39-22-21-35-19-11-2-3-12-20-36(32(37)24-27-15-7-9-17-30(27)34)28(23-26-13-5-4-6-14-26)25-40-31-18-10-8-16-29(31)33(35)38/h4-10,13-18,28H,2-3,11-12,19-25H2,1H3/t28-/m0/s1. The second kappa shape index (κ2) is 15.4. The molecule has 0 N–H and O–H groups in total. The van der Waals surface area contributed by atoms with E-state index in [0.717, 1.165) is 36.8 Å². The van der Waals surface area contributed by atoms with Crippen molar-refractivity contribution in [2.24, 2.45) is 0 Å². The van der Waals surface area contributed by atoms with Gasteiger partial charge in [0.25, 0.3) is 5.91 Å². The Labute approximate surface area is 242 Å². The molecule has 0 radical (unpaired) electrons. The Kier molecular flexibility index (Phi) is 11.4. The largest absolute Gasteiger partial charge is 0.491 e. The van der Waals surface area contributed by atoms with Gasteiger partial charge in [-0.15, -0.1) is 0 Å². The number of amides is 2. The van der Waals surface area contributed by atoms with Crippen LogP contribution in [-0.4, -0.2) is 67.6 Å². The fourth-order valence-electron chi connectivity index (χ4n) is 5.14. The molecule has 0 spiro atoms. The number of hydrogen-bond acceptors (Lipinski definition) is 4. The summed E-state index contributed by atoms with van der Waals surface area (Å²) in [5.41, 5.74) is 2.48. The number of hydrogen-bond donors (Lipinski definition) is 0. The molecule has 0 aromatic heterocycles. The smallest absolute Gasteiger partial charge is 0.257 e. The third kappa shape index (κ3) is 8.33. The normalized spacial score (nSPS) is 17.1. The Bertz CT molecular complexity index is 1240. The van der Waals surface area contributed by atoms with Gasteiger partial charge in [0.05, 0.1) is 24.6 Å². The summed E-state index contributed by atoms with van der Waals surface area (Å²) in [5.74, 6) is 0.499. The molecule has 212 valence electrons. The average molecular weight is 563 g/mol. The molecule has 2 amide bonds. The molecule has 1 aliphatic rings. The molecule has 0 bridgehead atoms. The van der Waals surface area contributed by atoms with Crippen molar-refractivity contribution >= 4 is 23.4 Å². The monoisotopic (exact) mass is 562 g/mol. The maximum Gasteiger partial charge on any atom is 0.257 e. The van der Waals surface area contributed by atoms with Gasteiger partial charge in [-0.25, -0.2) is 0 Å². The molecule has 0 aliphatic carbocycles. The van der Waals surface area contributed by atoms with Gasteiger partial charge in [0, 0.05) is 31.8 Å². The van der Waals surface area contributed by atoms with Gasteiger partial charge in [-0.1, -0.05) is 85.1 Å². The highest BCUT2D eigenvalue weighted by Crippen LogP contribution is 2.24. The molecule has 1 atom stereocenters. The van der Waals surface area contributed by atoms with Gasteiger partial charge < -0.3 is 19.3 Å². The van der Waals surface area contributed by atoms with Crippen molar-refractivity contribution in [3.8, 4) is 5.75 Å². The van der Waals surface area contributed by atoms with Gasteiger partial charge in [-0.2, -0.15) is 0 Å². The zero-order chi connectivity index (χ0) is 28.2. The highest BCUT2D eigenvalue weighted by atomic mass is 35.5.